The van der Waals surface area contributed by atoms with Gasteiger partial charge in [0.25, 0.3) is 0 Å². The normalized spacial score (nSPS) is 34.1. The molecule has 0 aliphatic carbocycles. The number of hydrogen-bond acceptors (Lipinski definition) is 3. The lowest BCUT2D eigenvalue weighted by molar-refractivity contribution is -0.148. The van der Waals surface area contributed by atoms with E-state index in [1.54, 1.807) is 11.8 Å². The fourth-order valence-corrected chi connectivity index (χ4v) is 4.77. The van der Waals surface area contributed by atoms with Crippen LogP contribution in [0.5, 0.6) is 0 Å². The van der Waals surface area contributed by atoms with Crippen LogP contribution in [0.15, 0.2) is 36.9 Å². The van der Waals surface area contributed by atoms with Crippen molar-refractivity contribution in [2.75, 3.05) is 5.32 Å². The van der Waals surface area contributed by atoms with Crippen LogP contribution in [0.1, 0.15) is 32.8 Å². The highest BCUT2D eigenvalue weighted by Crippen LogP contribution is 2.60. The molecule has 4 atom stereocenters. The third-order valence-corrected chi connectivity index (χ3v) is 6.24. The maximum Gasteiger partial charge on any atom is 0.247 e. The lowest BCUT2D eigenvalue weighted by Crippen LogP contribution is -2.63. The Morgan fingerprint density at radius 3 is 2.71 bits per heavy atom. The van der Waals surface area contributed by atoms with Gasteiger partial charge in [0.2, 0.25) is 11.8 Å². The van der Waals surface area contributed by atoms with Crippen molar-refractivity contribution in [2.45, 2.75) is 50.9 Å². The minimum atomic E-state index is -0.484. The molecule has 3 aliphatic heterocycles. The Morgan fingerprint density at radius 1 is 1.29 bits per heavy atom. The molecule has 2 saturated heterocycles. The zero-order valence-corrected chi connectivity index (χ0v) is 14.3. The molecule has 5 nitrogen and oxygen atoms in total. The van der Waals surface area contributed by atoms with Gasteiger partial charge in [0.1, 0.15) is 18.2 Å². The summed E-state index contributed by atoms with van der Waals surface area (Å²) in [5.41, 5.74) is 1.57. The molecule has 2 N–H and O–H groups in total. The number of nitrogens with one attached hydrogen (secondary N) is 2. The molecule has 0 radical (unpaired) electrons. The minimum Gasteiger partial charge on any atom is -0.364 e. The third kappa shape index (κ3) is 1.60. The van der Waals surface area contributed by atoms with Crippen LogP contribution in [0.4, 0.5) is 5.69 Å². The Kier molecular flexibility index (Phi) is 2.93. The molecule has 3 heterocycles. The first kappa shape index (κ1) is 15.2. The van der Waals surface area contributed by atoms with E-state index >= 15 is 0 Å². The van der Waals surface area contributed by atoms with Crippen molar-refractivity contribution in [2.24, 2.45) is 5.41 Å². The number of piperazine rings is 1. The molecule has 0 aromatic heterocycles. The summed E-state index contributed by atoms with van der Waals surface area (Å²) >= 11 is 0. The highest BCUT2D eigenvalue weighted by Gasteiger charge is 2.66. The lowest BCUT2D eigenvalue weighted by Gasteiger charge is -2.44. The van der Waals surface area contributed by atoms with Gasteiger partial charge in [-0.25, -0.2) is 0 Å². The van der Waals surface area contributed by atoms with E-state index < -0.39 is 12.1 Å². The van der Waals surface area contributed by atoms with Gasteiger partial charge in [-0.15, -0.1) is 6.58 Å². The second kappa shape index (κ2) is 4.62. The molecule has 24 heavy (non-hydrogen) atoms. The van der Waals surface area contributed by atoms with Crippen molar-refractivity contribution in [3.63, 3.8) is 0 Å². The number of carbonyl (C=O) groups is 2. The molecular weight excluding hydrogens is 302 g/mol. The minimum absolute atomic E-state index is 0.0216. The van der Waals surface area contributed by atoms with E-state index in [4.69, 9.17) is 0 Å². The molecule has 1 aromatic rings. The van der Waals surface area contributed by atoms with Gasteiger partial charge in [-0.3, -0.25) is 9.59 Å². The SMILES string of the molecule is C=CC(C)(C)[C@@]12C[C@H]3C(=O)N[C@H](C)C(=O)N3[C@@H]1Nc1ccccc12. The van der Waals surface area contributed by atoms with Gasteiger partial charge < -0.3 is 15.5 Å². The van der Waals surface area contributed by atoms with Gasteiger partial charge in [0, 0.05) is 11.1 Å². The zero-order chi connectivity index (χ0) is 17.3. The predicted octanol–water partition coefficient (Wildman–Crippen LogP) is 2.01. The summed E-state index contributed by atoms with van der Waals surface area (Å²) in [5.74, 6) is -0.0818. The number of nitrogens with zero attached hydrogens (tertiary/aromatic N) is 1. The Balaban J connectivity index is 1.94. The smallest absolute Gasteiger partial charge is 0.247 e. The standard InChI is InChI=1S/C19H23N3O2/c1-5-18(3,4)19-10-14-15(23)20-11(2)16(24)22(14)17(19)21-13-9-7-6-8-12(13)19/h5-9,11,14,17,21H,1,10H2,2-4H3,(H,20,23)/t11-,14+,17+,19-/m1/s1. The lowest BCUT2D eigenvalue weighted by atomic mass is 9.60. The van der Waals surface area contributed by atoms with Gasteiger partial charge in [-0.05, 0) is 30.4 Å². The summed E-state index contributed by atoms with van der Waals surface area (Å²) in [7, 11) is 0. The number of carbonyl (C=O) groups excluding carboxylic acids is 2. The van der Waals surface area contributed by atoms with Crippen LogP contribution in [0.2, 0.25) is 0 Å². The summed E-state index contributed by atoms with van der Waals surface area (Å²) < 4.78 is 0. The summed E-state index contributed by atoms with van der Waals surface area (Å²) in [6.45, 7) is 10.1. The van der Waals surface area contributed by atoms with Crippen LogP contribution in [0, 0.1) is 5.41 Å². The van der Waals surface area contributed by atoms with E-state index in [9.17, 15) is 9.59 Å². The van der Waals surface area contributed by atoms with E-state index in [0.717, 1.165) is 5.69 Å². The molecule has 3 aliphatic rings. The molecule has 2 amide bonds. The van der Waals surface area contributed by atoms with Crippen molar-refractivity contribution in [3.8, 4) is 0 Å². The molecule has 2 fully saturated rings. The number of fused-ring (bicyclic) bond motifs is 5. The molecular formula is C19H23N3O2. The average Bonchev–Trinajstić information content (AvgIpc) is 3.06. The predicted molar refractivity (Wildman–Crippen MR) is 92.4 cm³/mol. The summed E-state index contributed by atoms with van der Waals surface area (Å²) in [6.07, 6.45) is 2.33. The fourth-order valence-electron chi connectivity index (χ4n) is 4.77. The monoisotopic (exact) mass is 325 g/mol. The number of allylic oxidation sites excluding steroid dienone is 1. The highest BCUT2D eigenvalue weighted by atomic mass is 16.2. The maximum absolute atomic E-state index is 12.8. The van der Waals surface area contributed by atoms with Gasteiger partial charge in [-0.1, -0.05) is 38.1 Å². The number of hydrogen-bond donors (Lipinski definition) is 2. The number of anilines is 1. The molecule has 4 rings (SSSR count). The van der Waals surface area contributed by atoms with Gasteiger partial charge >= 0.3 is 0 Å². The van der Waals surface area contributed by atoms with E-state index in [2.05, 4.69) is 37.1 Å². The highest BCUT2D eigenvalue weighted by molar-refractivity contribution is 5.98. The van der Waals surface area contributed by atoms with Crippen LogP contribution < -0.4 is 10.6 Å². The quantitative estimate of drug-likeness (QED) is 0.818. The fraction of sp³-hybridized carbons (Fsp3) is 0.474. The third-order valence-electron chi connectivity index (χ3n) is 6.24. The van der Waals surface area contributed by atoms with Crippen LogP contribution in [-0.4, -0.2) is 35.0 Å². The molecule has 0 spiro atoms. The first-order chi connectivity index (χ1) is 11.3. The summed E-state index contributed by atoms with van der Waals surface area (Å²) in [6, 6.07) is 7.25. The number of rotatable bonds is 2. The van der Waals surface area contributed by atoms with Crippen molar-refractivity contribution >= 4 is 17.5 Å². The van der Waals surface area contributed by atoms with E-state index in [1.807, 2.05) is 24.3 Å². The number of benzene rings is 1. The topological polar surface area (TPSA) is 61.4 Å². The Labute approximate surface area is 142 Å². The first-order valence-electron chi connectivity index (χ1n) is 8.46. The van der Waals surface area contributed by atoms with Crippen molar-refractivity contribution in [1.82, 2.24) is 10.2 Å². The second-order valence-electron chi connectivity index (χ2n) is 7.69. The second-order valence-corrected chi connectivity index (χ2v) is 7.69. The Hall–Kier alpha value is -2.30. The van der Waals surface area contributed by atoms with Crippen molar-refractivity contribution in [1.29, 1.82) is 0 Å². The molecule has 0 saturated carbocycles. The summed E-state index contributed by atoms with van der Waals surface area (Å²) in [5, 5.41) is 6.34. The maximum atomic E-state index is 12.8. The number of amides is 2. The molecule has 0 unspecified atom stereocenters. The molecule has 5 heteroatoms. The van der Waals surface area contributed by atoms with E-state index in [-0.39, 0.29) is 28.8 Å². The summed E-state index contributed by atoms with van der Waals surface area (Å²) in [4.78, 5) is 27.2. The van der Waals surface area contributed by atoms with E-state index in [1.165, 1.54) is 5.56 Å². The molecule has 0 bridgehead atoms. The van der Waals surface area contributed by atoms with Gasteiger partial charge in [-0.2, -0.15) is 0 Å². The van der Waals surface area contributed by atoms with Crippen molar-refractivity contribution < 1.29 is 9.59 Å². The van der Waals surface area contributed by atoms with Crippen LogP contribution in [0.25, 0.3) is 0 Å². The first-order valence-corrected chi connectivity index (χ1v) is 8.46. The Morgan fingerprint density at radius 2 is 2.00 bits per heavy atom. The molecule has 1 aromatic carbocycles. The van der Waals surface area contributed by atoms with E-state index in [0.29, 0.717) is 6.42 Å². The number of para-hydroxylation sites is 1. The Bertz CT molecular complexity index is 757. The molecule has 126 valence electrons. The van der Waals surface area contributed by atoms with Gasteiger partial charge in [0.05, 0.1) is 0 Å². The van der Waals surface area contributed by atoms with Crippen LogP contribution >= 0.6 is 0 Å². The largest absolute Gasteiger partial charge is 0.364 e. The van der Waals surface area contributed by atoms with Crippen LogP contribution in [-0.2, 0) is 15.0 Å². The average molecular weight is 325 g/mol. The zero-order valence-electron chi connectivity index (χ0n) is 14.3. The van der Waals surface area contributed by atoms with Crippen LogP contribution in [0.3, 0.4) is 0 Å². The van der Waals surface area contributed by atoms with Crippen molar-refractivity contribution in [3.05, 3.63) is 42.5 Å². The van der Waals surface area contributed by atoms with Gasteiger partial charge in [0.15, 0.2) is 0 Å².